The van der Waals surface area contributed by atoms with Crippen molar-refractivity contribution in [2.75, 3.05) is 13.1 Å². The summed E-state index contributed by atoms with van der Waals surface area (Å²) in [7, 11) is 0. The van der Waals surface area contributed by atoms with E-state index in [1.807, 2.05) is 37.7 Å². The number of fused-ring (bicyclic) bond motifs is 1. The first-order chi connectivity index (χ1) is 10.4. The number of carbonyl (C=O) groups is 1. The number of hydrogen-bond donors (Lipinski definition) is 0. The Hall–Kier alpha value is -1.88. The Bertz CT molecular complexity index is 664. The Balaban J connectivity index is 1.60. The van der Waals surface area contributed by atoms with Crippen LogP contribution in [0.1, 0.15) is 45.1 Å². The van der Waals surface area contributed by atoms with Crippen LogP contribution in [-0.4, -0.2) is 33.5 Å². The number of imidazole rings is 1. The van der Waals surface area contributed by atoms with Gasteiger partial charge in [0.15, 0.2) is 0 Å². The maximum atomic E-state index is 11.9. The summed E-state index contributed by atoms with van der Waals surface area (Å²) in [6.07, 6.45) is 7.75. The van der Waals surface area contributed by atoms with E-state index in [9.17, 15) is 4.79 Å². The van der Waals surface area contributed by atoms with Crippen LogP contribution in [0, 0.1) is 5.41 Å². The molecule has 0 bridgehead atoms. The molecule has 1 saturated heterocycles. The first-order valence-corrected chi connectivity index (χ1v) is 7.82. The van der Waals surface area contributed by atoms with E-state index in [1.165, 1.54) is 5.56 Å². The topological polar surface area (TPSA) is 46.8 Å². The standard InChI is InChI=1S/C17H23N3O2/c1-17(2,3)16(21)22-20-8-5-13(6-9-20)14-4-7-19-12-18-11-15(19)10-14/h4,7,10-13H,5-6,8-9H2,1-3H3. The number of hydroxylamine groups is 2. The molecule has 118 valence electrons. The van der Waals surface area contributed by atoms with Crippen molar-refractivity contribution in [3.63, 3.8) is 0 Å². The van der Waals surface area contributed by atoms with Gasteiger partial charge in [-0.25, -0.2) is 9.78 Å². The van der Waals surface area contributed by atoms with E-state index in [-0.39, 0.29) is 5.97 Å². The molecule has 0 radical (unpaired) electrons. The molecule has 0 spiro atoms. The Labute approximate surface area is 130 Å². The number of piperidine rings is 1. The molecule has 3 rings (SSSR count). The summed E-state index contributed by atoms with van der Waals surface area (Å²) in [5.41, 5.74) is 2.01. The van der Waals surface area contributed by atoms with Gasteiger partial charge in [0.1, 0.15) is 0 Å². The van der Waals surface area contributed by atoms with E-state index in [0.717, 1.165) is 31.4 Å². The molecule has 22 heavy (non-hydrogen) atoms. The fraction of sp³-hybridized carbons (Fsp3) is 0.529. The second-order valence-corrected chi connectivity index (χ2v) is 7.02. The third kappa shape index (κ3) is 3.14. The highest BCUT2D eigenvalue weighted by molar-refractivity contribution is 5.75. The van der Waals surface area contributed by atoms with Crippen LogP contribution >= 0.6 is 0 Å². The maximum absolute atomic E-state index is 11.9. The van der Waals surface area contributed by atoms with Gasteiger partial charge in [0.2, 0.25) is 0 Å². The molecule has 0 atom stereocenters. The number of pyridine rings is 1. The van der Waals surface area contributed by atoms with Gasteiger partial charge < -0.3 is 9.24 Å². The van der Waals surface area contributed by atoms with Crippen molar-refractivity contribution in [3.8, 4) is 0 Å². The molecule has 1 aliphatic heterocycles. The first kappa shape index (κ1) is 15.0. The fourth-order valence-corrected chi connectivity index (χ4v) is 2.72. The van der Waals surface area contributed by atoms with Gasteiger partial charge in [-0.05, 0) is 57.2 Å². The summed E-state index contributed by atoms with van der Waals surface area (Å²) < 4.78 is 2.02. The van der Waals surface area contributed by atoms with Gasteiger partial charge in [0.25, 0.3) is 0 Å². The molecule has 2 aromatic rings. The van der Waals surface area contributed by atoms with Gasteiger partial charge in [0, 0.05) is 19.3 Å². The second-order valence-electron chi connectivity index (χ2n) is 7.02. The van der Waals surface area contributed by atoms with Gasteiger partial charge in [-0.1, -0.05) is 0 Å². The Kier molecular flexibility index (Phi) is 3.91. The zero-order valence-corrected chi connectivity index (χ0v) is 13.5. The summed E-state index contributed by atoms with van der Waals surface area (Å²) in [4.78, 5) is 21.6. The van der Waals surface area contributed by atoms with Crippen LogP contribution in [-0.2, 0) is 9.63 Å². The summed E-state index contributed by atoms with van der Waals surface area (Å²) in [6, 6.07) is 4.37. The molecule has 0 aromatic carbocycles. The minimum absolute atomic E-state index is 0.161. The highest BCUT2D eigenvalue weighted by Crippen LogP contribution is 2.29. The molecule has 0 saturated carbocycles. The predicted molar refractivity (Wildman–Crippen MR) is 84.3 cm³/mol. The number of carbonyl (C=O) groups excluding carboxylic acids is 1. The van der Waals surface area contributed by atoms with Crippen molar-refractivity contribution in [1.29, 1.82) is 0 Å². The van der Waals surface area contributed by atoms with Crippen molar-refractivity contribution >= 4 is 11.5 Å². The van der Waals surface area contributed by atoms with Crippen LogP contribution in [0.15, 0.2) is 30.9 Å². The maximum Gasteiger partial charge on any atom is 0.330 e. The number of hydrogen-bond acceptors (Lipinski definition) is 4. The fourth-order valence-electron chi connectivity index (χ4n) is 2.72. The van der Waals surface area contributed by atoms with Crippen LogP contribution < -0.4 is 0 Å². The normalized spacial score (nSPS) is 17.8. The largest absolute Gasteiger partial charge is 0.367 e. The van der Waals surface area contributed by atoms with Crippen molar-refractivity contribution in [2.24, 2.45) is 5.41 Å². The molecule has 1 aliphatic rings. The highest BCUT2D eigenvalue weighted by Gasteiger charge is 2.28. The van der Waals surface area contributed by atoms with Crippen molar-refractivity contribution in [2.45, 2.75) is 39.5 Å². The van der Waals surface area contributed by atoms with Gasteiger partial charge in [-0.15, -0.1) is 5.06 Å². The zero-order chi connectivity index (χ0) is 15.7. The van der Waals surface area contributed by atoms with E-state index in [0.29, 0.717) is 5.92 Å². The third-order valence-corrected chi connectivity index (χ3v) is 4.19. The molecule has 0 N–H and O–H groups in total. The molecule has 1 fully saturated rings. The lowest BCUT2D eigenvalue weighted by atomic mass is 9.90. The van der Waals surface area contributed by atoms with Crippen LogP contribution in [0.5, 0.6) is 0 Å². The summed E-state index contributed by atoms with van der Waals surface area (Å²) in [6.45, 7) is 7.21. The minimum Gasteiger partial charge on any atom is -0.367 e. The van der Waals surface area contributed by atoms with E-state index < -0.39 is 5.41 Å². The highest BCUT2D eigenvalue weighted by atomic mass is 16.7. The SMILES string of the molecule is CC(C)(C)C(=O)ON1CCC(c2ccn3cncc3c2)CC1. The van der Waals surface area contributed by atoms with Gasteiger partial charge in [-0.2, -0.15) is 0 Å². The van der Waals surface area contributed by atoms with Crippen LogP contribution in [0.3, 0.4) is 0 Å². The van der Waals surface area contributed by atoms with Crippen molar-refractivity contribution in [1.82, 2.24) is 14.4 Å². The predicted octanol–water partition coefficient (Wildman–Crippen LogP) is 3.02. The van der Waals surface area contributed by atoms with Gasteiger partial charge in [-0.3, -0.25) is 0 Å². The lowest BCUT2D eigenvalue weighted by Gasteiger charge is -2.32. The molecule has 0 aliphatic carbocycles. The molecule has 5 nitrogen and oxygen atoms in total. The number of rotatable bonds is 2. The summed E-state index contributed by atoms with van der Waals surface area (Å²) in [5, 5.41) is 1.81. The molecule has 5 heteroatoms. The molecule has 0 amide bonds. The van der Waals surface area contributed by atoms with E-state index in [2.05, 4.69) is 23.3 Å². The number of nitrogens with zero attached hydrogens (tertiary/aromatic N) is 3. The zero-order valence-electron chi connectivity index (χ0n) is 13.5. The quantitative estimate of drug-likeness (QED) is 0.855. The third-order valence-electron chi connectivity index (χ3n) is 4.19. The average molecular weight is 301 g/mol. The summed E-state index contributed by atoms with van der Waals surface area (Å²) >= 11 is 0. The molecule has 2 aromatic heterocycles. The van der Waals surface area contributed by atoms with E-state index in [1.54, 1.807) is 5.06 Å². The Morgan fingerprint density at radius 1 is 1.32 bits per heavy atom. The van der Waals surface area contributed by atoms with Gasteiger partial charge in [0.05, 0.1) is 23.5 Å². The smallest absolute Gasteiger partial charge is 0.330 e. The Morgan fingerprint density at radius 3 is 2.73 bits per heavy atom. The van der Waals surface area contributed by atoms with Gasteiger partial charge >= 0.3 is 5.97 Å². The molecule has 0 unspecified atom stereocenters. The van der Waals surface area contributed by atoms with Crippen molar-refractivity contribution in [3.05, 3.63) is 36.4 Å². The van der Waals surface area contributed by atoms with Crippen molar-refractivity contribution < 1.29 is 9.63 Å². The second kappa shape index (κ2) is 5.72. The van der Waals surface area contributed by atoms with E-state index in [4.69, 9.17) is 4.84 Å². The Morgan fingerprint density at radius 2 is 2.05 bits per heavy atom. The lowest BCUT2D eigenvalue weighted by molar-refractivity contribution is -0.204. The van der Waals surface area contributed by atoms with Crippen LogP contribution in [0.4, 0.5) is 0 Å². The number of aromatic nitrogens is 2. The first-order valence-electron chi connectivity index (χ1n) is 7.82. The lowest BCUT2D eigenvalue weighted by Crippen LogP contribution is -2.38. The van der Waals surface area contributed by atoms with Crippen LogP contribution in [0.25, 0.3) is 5.52 Å². The molecular weight excluding hydrogens is 278 g/mol. The minimum atomic E-state index is -0.454. The summed E-state index contributed by atoms with van der Waals surface area (Å²) in [5.74, 6) is 0.358. The van der Waals surface area contributed by atoms with Crippen LogP contribution in [0.2, 0.25) is 0 Å². The monoisotopic (exact) mass is 301 g/mol. The average Bonchev–Trinajstić information content (AvgIpc) is 2.94. The molecular formula is C17H23N3O2. The molecule has 3 heterocycles. The van der Waals surface area contributed by atoms with E-state index >= 15 is 0 Å².